The van der Waals surface area contributed by atoms with Crippen LogP contribution in [-0.4, -0.2) is 38.3 Å². The smallest absolute Gasteiger partial charge is 0.459 e. The summed E-state index contributed by atoms with van der Waals surface area (Å²) in [6.45, 7) is 1.61. The van der Waals surface area contributed by atoms with Crippen molar-refractivity contribution >= 4 is 44.2 Å². The number of nitrogens with zero attached hydrogens (tertiary/aromatic N) is 4. The first-order valence-electron chi connectivity index (χ1n) is 14.1. The zero-order chi connectivity index (χ0) is 31.6. The Morgan fingerprint density at radius 1 is 1.00 bits per heavy atom. The van der Waals surface area contributed by atoms with Gasteiger partial charge in [-0.2, -0.15) is 13.2 Å². The number of carbonyl (C=O) groups excluding carboxylic acids is 1. The Morgan fingerprint density at radius 3 is 2.60 bits per heavy atom. The van der Waals surface area contributed by atoms with E-state index in [9.17, 15) is 22.8 Å². The number of carbonyl (C=O) groups is 1. The van der Waals surface area contributed by atoms with E-state index in [1.807, 2.05) is 85.8 Å². The number of aryl methyl sites for hydroxylation is 1. The molecule has 0 aliphatic heterocycles. The van der Waals surface area contributed by atoms with Crippen LogP contribution in [0.1, 0.15) is 30.6 Å². The number of hydrogen-bond acceptors (Lipinski definition) is 8. The highest BCUT2D eigenvalue weighted by molar-refractivity contribution is 7.16. The van der Waals surface area contributed by atoms with E-state index in [0.717, 1.165) is 32.6 Å². The zero-order valence-corrected chi connectivity index (χ0v) is 24.7. The second-order valence-corrected chi connectivity index (χ2v) is 11.2. The molecular formula is C33H26F3N5O3S. The van der Waals surface area contributed by atoms with Gasteiger partial charge in [-0.1, -0.05) is 60.7 Å². The molecule has 3 aromatic carbocycles. The maximum Gasteiger partial charge on any atom is 0.490 e. The van der Waals surface area contributed by atoms with Crippen LogP contribution in [0.5, 0.6) is 0 Å². The predicted octanol–water partition coefficient (Wildman–Crippen LogP) is 7.27. The van der Waals surface area contributed by atoms with Crippen LogP contribution < -0.4 is 10.9 Å². The number of ether oxygens (including phenoxy) is 1. The minimum absolute atomic E-state index is 0.205. The van der Waals surface area contributed by atoms with Crippen LogP contribution in [0.4, 0.5) is 19.0 Å². The number of benzene rings is 3. The number of rotatable bonds is 9. The van der Waals surface area contributed by atoms with E-state index in [2.05, 4.69) is 25.0 Å². The van der Waals surface area contributed by atoms with E-state index in [1.54, 1.807) is 10.1 Å². The summed E-state index contributed by atoms with van der Waals surface area (Å²) in [5, 5.41) is 4.70. The topological polar surface area (TPSA) is 99.0 Å². The van der Waals surface area contributed by atoms with Crippen molar-refractivity contribution in [1.29, 1.82) is 0 Å². The summed E-state index contributed by atoms with van der Waals surface area (Å²) in [4.78, 5) is 39.3. The molecule has 3 heterocycles. The monoisotopic (exact) mass is 629 g/mol. The fraction of sp³-hybridized carbons (Fsp3) is 0.182. The van der Waals surface area contributed by atoms with E-state index in [-0.39, 0.29) is 24.6 Å². The second kappa shape index (κ2) is 12.5. The Balaban J connectivity index is 1.38. The number of halogens is 3. The molecule has 0 saturated carbocycles. The van der Waals surface area contributed by atoms with Crippen molar-refractivity contribution in [1.82, 2.24) is 19.5 Å². The molecule has 1 atom stereocenters. The van der Waals surface area contributed by atoms with Gasteiger partial charge in [-0.15, -0.1) is 11.3 Å². The van der Waals surface area contributed by atoms with Crippen molar-refractivity contribution in [3.05, 3.63) is 112 Å². The summed E-state index contributed by atoms with van der Waals surface area (Å²) in [6, 6.07) is 24.2. The predicted molar refractivity (Wildman–Crippen MR) is 168 cm³/mol. The molecular weight excluding hydrogens is 603 g/mol. The highest BCUT2D eigenvalue weighted by Crippen LogP contribution is 2.31. The molecule has 0 aliphatic rings. The average Bonchev–Trinajstić information content (AvgIpc) is 3.53. The van der Waals surface area contributed by atoms with Gasteiger partial charge in [0.05, 0.1) is 23.5 Å². The number of alkyl halides is 3. The van der Waals surface area contributed by atoms with E-state index in [4.69, 9.17) is 0 Å². The van der Waals surface area contributed by atoms with Crippen LogP contribution in [0.25, 0.3) is 37.9 Å². The van der Waals surface area contributed by atoms with Crippen LogP contribution >= 0.6 is 11.3 Å². The molecule has 0 aliphatic carbocycles. The average molecular weight is 630 g/mol. The maximum atomic E-state index is 14.5. The number of esters is 1. The van der Waals surface area contributed by atoms with Gasteiger partial charge in [-0.3, -0.25) is 9.36 Å². The third-order valence-corrected chi connectivity index (χ3v) is 8.07. The molecule has 0 unspecified atom stereocenters. The number of hydrogen-bond donors (Lipinski definition) is 1. The van der Waals surface area contributed by atoms with Gasteiger partial charge in [-0.05, 0) is 60.0 Å². The first kappa shape index (κ1) is 29.9. The Labute approximate surface area is 259 Å². The van der Waals surface area contributed by atoms with Gasteiger partial charge < -0.3 is 10.1 Å². The largest absolute Gasteiger partial charge is 0.490 e. The van der Waals surface area contributed by atoms with Gasteiger partial charge in [0.25, 0.3) is 5.56 Å². The molecule has 0 bridgehead atoms. The van der Waals surface area contributed by atoms with Crippen LogP contribution in [0.15, 0.2) is 95.5 Å². The molecule has 0 amide bonds. The lowest BCUT2D eigenvalue weighted by Gasteiger charge is -2.22. The fourth-order valence-electron chi connectivity index (χ4n) is 5.28. The number of fused-ring (bicyclic) bond motifs is 2. The number of thiazole rings is 1. The lowest BCUT2D eigenvalue weighted by Crippen LogP contribution is -2.26. The zero-order valence-electron chi connectivity index (χ0n) is 23.9. The van der Waals surface area contributed by atoms with Crippen molar-refractivity contribution in [3.63, 3.8) is 0 Å². The van der Waals surface area contributed by atoms with Gasteiger partial charge >= 0.3 is 12.1 Å². The van der Waals surface area contributed by atoms with Crippen molar-refractivity contribution in [2.24, 2.45) is 0 Å². The van der Waals surface area contributed by atoms with Gasteiger partial charge in [-0.25, -0.2) is 19.7 Å². The third-order valence-electron chi connectivity index (χ3n) is 7.33. The second-order valence-electron chi connectivity index (χ2n) is 10.3. The standard InChI is InChI=1S/C33H26F3N5O3S/c1-20(40-29-28-30(38-18-37-29)45-19-39-28)26-17-23-11-6-14-25(27(23)31(42)41(26)24-12-3-2-4-13-24)22-10-5-8-21(16-22)9-7-15-44-32(43)33(34,35)36/h2-6,8,10-14,16-20H,7,9,15H2,1H3,(H,37,38,40)/t20-/m0/s1. The number of anilines is 1. The van der Waals surface area contributed by atoms with E-state index in [0.29, 0.717) is 28.8 Å². The highest BCUT2D eigenvalue weighted by atomic mass is 32.1. The van der Waals surface area contributed by atoms with Crippen LogP contribution in [0.3, 0.4) is 0 Å². The summed E-state index contributed by atoms with van der Waals surface area (Å²) in [7, 11) is 0. The molecule has 0 spiro atoms. The van der Waals surface area contributed by atoms with Crippen molar-refractivity contribution < 1.29 is 22.7 Å². The highest BCUT2D eigenvalue weighted by Gasteiger charge is 2.40. The summed E-state index contributed by atoms with van der Waals surface area (Å²) >= 11 is 1.42. The first-order valence-corrected chi connectivity index (χ1v) is 15.0. The molecule has 6 rings (SSSR count). The minimum atomic E-state index is -5.02. The van der Waals surface area contributed by atoms with Crippen molar-refractivity contribution in [3.8, 4) is 16.8 Å². The Bertz CT molecular complexity index is 2060. The summed E-state index contributed by atoms with van der Waals surface area (Å²) < 4.78 is 43.3. The van der Waals surface area contributed by atoms with Gasteiger partial charge in [0, 0.05) is 11.4 Å². The van der Waals surface area contributed by atoms with E-state index < -0.39 is 12.1 Å². The summed E-state index contributed by atoms with van der Waals surface area (Å²) in [5.74, 6) is -1.63. The maximum absolute atomic E-state index is 14.5. The molecule has 0 saturated heterocycles. The first-order chi connectivity index (χ1) is 21.7. The Hall–Kier alpha value is -5.10. The number of aromatic nitrogens is 4. The normalized spacial score (nSPS) is 12.4. The Kier molecular flexibility index (Phi) is 8.31. The molecule has 1 N–H and O–H groups in total. The van der Waals surface area contributed by atoms with Gasteiger partial charge in [0.15, 0.2) is 5.82 Å². The number of pyridine rings is 1. The molecule has 6 aromatic rings. The molecule has 45 heavy (non-hydrogen) atoms. The van der Waals surface area contributed by atoms with Crippen molar-refractivity contribution in [2.75, 3.05) is 11.9 Å². The summed E-state index contributed by atoms with van der Waals surface area (Å²) in [5.41, 5.74) is 5.93. The van der Waals surface area contributed by atoms with E-state index in [1.165, 1.54) is 17.7 Å². The van der Waals surface area contributed by atoms with Crippen LogP contribution in [0.2, 0.25) is 0 Å². The third kappa shape index (κ3) is 6.27. The molecule has 8 nitrogen and oxygen atoms in total. The number of nitrogens with one attached hydrogen (secondary N) is 1. The van der Waals surface area contributed by atoms with Crippen LogP contribution in [-0.2, 0) is 16.0 Å². The lowest BCUT2D eigenvalue weighted by atomic mass is 9.96. The molecule has 0 fully saturated rings. The van der Waals surface area contributed by atoms with Gasteiger partial charge in [0.2, 0.25) is 0 Å². The van der Waals surface area contributed by atoms with E-state index >= 15 is 0 Å². The molecule has 228 valence electrons. The lowest BCUT2D eigenvalue weighted by molar-refractivity contribution is -0.199. The SMILES string of the molecule is C[C@H](Nc1ncnc2scnc12)c1cc2cccc(-c3cccc(CCCOC(=O)C(F)(F)F)c3)c2c(=O)n1-c1ccccc1. The van der Waals surface area contributed by atoms with Gasteiger partial charge in [0.1, 0.15) is 16.7 Å². The molecule has 0 radical (unpaired) electrons. The molecule has 3 aromatic heterocycles. The molecule has 12 heteroatoms. The fourth-order valence-corrected chi connectivity index (χ4v) is 5.91. The Morgan fingerprint density at radius 2 is 1.80 bits per heavy atom. The quantitative estimate of drug-likeness (QED) is 0.133. The minimum Gasteiger partial charge on any atom is -0.459 e. The van der Waals surface area contributed by atoms with Crippen molar-refractivity contribution in [2.45, 2.75) is 32.0 Å². The number of para-hydroxylation sites is 1. The summed E-state index contributed by atoms with van der Waals surface area (Å²) in [6.07, 6.45) is -2.93. The van der Waals surface area contributed by atoms with Crippen LogP contribution in [0, 0.1) is 0 Å².